The van der Waals surface area contributed by atoms with Gasteiger partial charge < -0.3 is 20.1 Å². The Morgan fingerprint density at radius 3 is 2.00 bits per heavy atom. The minimum absolute atomic E-state index is 0. The lowest BCUT2D eigenvalue weighted by atomic mass is 10.1. The number of rotatable bonds is 15. The van der Waals surface area contributed by atoms with Crippen LogP contribution >= 0.6 is 24.0 Å². The largest absolute Gasteiger partial charge is 0.493 e. The van der Waals surface area contributed by atoms with Crippen molar-refractivity contribution in [2.75, 3.05) is 40.4 Å². The van der Waals surface area contributed by atoms with Gasteiger partial charge in [-0.25, -0.2) is 0 Å². The molecule has 0 heterocycles. The van der Waals surface area contributed by atoms with Crippen molar-refractivity contribution in [3.63, 3.8) is 0 Å². The summed E-state index contributed by atoms with van der Waals surface area (Å²) in [4.78, 5) is 0. The molecule has 0 fully saturated rings. The molecule has 2 rings (SSSR count). The summed E-state index contributed by atoms with van der Waals surface area (Å²) in [5.41, 5.74) is 2.49. The Kier molecular flexibility index (Phi) is 14.4. The zero-order valence-electron chi connectivity index (χ0n) is 18.2. The van der Waals surface area contributed by atoms with Crippen LogP contribution in [0.15, 0.2) is 42.5 Å². The molecule has 6 heteroatoms. The van der Waals surface area contributed by atoms with Crippen LogP contribution in [0, 0.1) is 0 Å². The maximum absolute atomic E-state index is 6.17. The Morgan fingerprint density at radius 1 is 0.733 bits per heavy atom. The molecule has 2 aromatic carbocycles. The molecular formula is C24H36Cl2N2O2. The van der Waals surface area contributed by atoms with Crippen LogP contribution in [0.25, 0.3) is 0 Å². The summed E-state index contributed by atoms with van der Waals surface area (Å²) in [6.45, 7) is 4.13. The number of methoxy groups -OCH3 is 2. The zero-order chi connectivity index (χ0) is 20.7. The SMILES string of the molecule is COc1ccc(CCNCCCCCCNCCc2ccccc2Cl)cc1OC.Cl. The second kappa shape index (κ2) is 16.3. The van der Waals surface area contributed by atoms with Gasteiger partial charge in [0.1, 0.15) is 0 Å². The van der Waals surface area contributed by atoms with E-state index in [1.54, 1.807) is 14.2 Å². The van der Waals surface area contributed by atoms with Crippen LogP contribution in [-0.2, 0) is 12.8 Å². The summed E-state index contributed by atoms with van der Waals surface area (Å²) in [5.74, 6) is 1.58. The minimum atomic E-state index is 0. The highest BCUT2D eigenvalue weighted by atomic mass is 35.5. The van der Waals surface area contributed by atoms with Gasteiger partial charge in [0.2, 0.25) is 0 Å². The Balaban J connectivity index is 0.00000450. The smallest absolute Gasteiger partial charge is 0.160 e. The number of ether oxygens (including phenoxy) is 2. The lowest BCUT2D eigenvalue weighted by Crippen LogP contribution is -2.19. The lowest BCUT2D eigenvalue weighted by molar-refractivity contribution is 0.354. The predicted molar refractivity (Wildman–Crippen MR) is 130 cm³/mol. The summed E-state index contributed by atoms with van der Waals surface area (Å²) in [6, 6.07) is 14.2. The maximum Gasteiger partial charge on any atom is 0.160 e. The number of nitrogens with one attached hydrogen (secondary N) is 2. The predicted octanol–water partition coefficient (Wildman–Crippen LogP) is 5.30. The number of hydrogen-bond acceptors (Lipinski definition) is 4. The van der Waals surface area contributed by atoms with Crippen LogP contribution in [0.4, 0.5) is 0 Å². The van der Waals surface area contributed by atoms with Gasteiger partial charge >= 0.3 is 0 Å². The van der Waals surface area contributed by atoms with Crippen molar-refractivity contribution in [3.8, 4) is 11.5 Å². The van der Waals surface area contributed by atoms with E-state index in [1.807, 2.05) is 24.3 Å². The molecule has 168 valence electrons. The van der Waals surface area contributed by atoms with Gasteiger partial charge in [-0.15, -0.1) is 12.4 Å². The first-order valence-electron chi connectivity index (χ1n) is 10.6. The molecule has 0 unspecified atom stereocenters. The summed E-state index contributed by atoms with van der Waals surface area (Å²) in [7, 11) is 3.34. The maximum atomic E-state index is 6.17. The highest BCUT2D eigenvalue weighted by Gasteiger charge is 2.04. The average molecular weight is 455 g/mol. The molecule has 0 bridgehead atoms. The van der Waals surface area contributed by atoms with E-state index in [1.165, 1.54) is 36.8 Å². The van der Waals surface area contributed by atoms with E-state index in [9.17, 15) is 0 Å². The molecule has 4 nitrogen and oxygen atoms in total. The molecule has 0 aliphatic heterocycles. The minimum Gasteiger partial charge on any atom is -0.493 e. The van der Waals surface area contributed by atoms with Gasteiger partial charge in [0.05, 0.1) is 14.2 Å². The first-order valence-corrected chi connectivity index (χ1v) is 11.0. The fraction of sp³-hybridized carbons (Fsp3) is 0.500. The second-order valence-electron chi connectivity index (χ2n) is 7.19. The number of unbranched alkanes of at least 4 members (excludes halogenated alkanes) is 3. The highest BCUT2D eigenvalue weighted by Crippen LogP contribution is 2.27. The third-order valence-corrected chi connectivity index (χ3v) is 5.39. The van der Waals surface area contributed by atoms with Gasteiger partial charge in [-0.3, -0.25) is 0 Å². The fourth-order valence-electron chi connectivity index (χ4n) is 3.30. The van der Waals surface area contributed by atoms with Crippen LogP contribution in [0.5, 0.6) is 11.5 Å². The average Bonchev–Trinajstić information content (AvgIpc) is 2.75. The molecule has 0 radical (unpaired) electrons. The third-order valence-electron chi connectivity index (χ3n) is 5.02. The molecule has 0 atom stereocenters. The molecule has 0 aliphatic rings. The van der Waals surface area contributed by atoms with Crippen LogP contribution in [0.1, 0.15) is 36.8 Å². The summed E-state index contributed by atoms with van der Waals surface area (Å²) < 4.78 is 10.6. The molecule has 0 spiro atoms. The highest BCUT2D eigenvalue weighted by molar-refractivity contribution is 6.31. The standard InChI is InChI=1S/C24H35ClN2O2.ClH/c1-28-23-12-11-20(19-24(23)29-2)13-17-26-15-7-3-4-8-16-27-18-14-21-9-5-6-10-22(21)25;/h5-6,9-12,19,26-27H,3-4,7-8,13-18H2,1-2H3;1H. The van der Waals surface area contributed by atoms with E-state index < -0.39 is 0 Å². The molecule has 2 aromatic rings. The Morgan fingerprint density at radius 2 is 1.37 bits per heavy atom. The van der Waals surface area contributed by atoms with Crippen molar-refractivity contribution in [3.05, 3.63) is 58.6 Å². The second-order valence-corrected chi connectivity index (χ2v) is 7.60. The van der Waals surface area contributed by atoms with Crippen molar-refractivity contribution in [1.29, 1.82) is 0 Å². The molecular weight excluding hydrogens is 419 g/mol. The van der Waals surface area contributed by atoms with Crippen molar-refractivity contribution in [2.24, 2.45) is 0 Å². The number of halogens is 2. The first kappa shape index (κ1) is 26.6. The molecule has 0 aromatic heterocycles. The van der Waals surface area contributed by atoms with E-state index in [0.29, 0.717) is 0 Å². The molecule has 2 N–H and O–H groups in total. The zero-order valence-corrected chi connectivity index (χ0v) is 19.8. The quantitative estimate of drug-likeness (QED) is 0.358. The van der Waals surface area contributed by atoms with Crippen molar-refractivity contribution >= 4 is 24.0 Å². The van der Waals surface area contributed by atoms with Gasteiger partial charge in [0, 0.05) is 5.02 Å². The van der Waals surface area contributed by atoms with Crippen molar-refractivity contribution in [1.82, 2.24) is 10.6 Å². The van der Waals surface area contributed by atoms with Crippen LogP contribution in [0.2, 0.25) is 5.02 Å². The topological polar surface area (TPSA) is 42.5 Å². The summed E-state index contributed by atoms with van der Waals surface area (Å²) in [6.07, 6.45) is 6.99. The van der Waals surface area contributed by atoms with Crippen molar-refractivity contribution < 1.29 is 9.47 Å². The lowest BCUT2D eigenvalue weighted by Gasteiger charge is -2.10. The Bertz CT molecular complexity index is 713. The summed E-state index contributed by atoms with van der Waals surface area (Å²) in [5, 5.41) is 7.92. The molecule has 0 amide bonds. The van der Waals surface area contributed by atoms with Crippen LogP contribution in [0.3, 0.4) is 0 Å². The van der Waals surface area contributed by atoms with E-state index in [4.69, 9.17) is 21.1 Å². The monoisotopic (exact) mass is 454 g/mol. The van der Waals surface area contributed by atoms with Gasteiger partial charge in [0.25, 0.3) is 0 Å². The van der Waals surface area contributed by atoms with Gasteiger partial charge in [-0.05, 0) is 81.2 Å². The fourth-order valence-corrected chi connectivity index (χ4v) is 3.53. The molecule has 0 aliphatic carbocycles. The first-order chi connectivity index (χ1) is 14.2. The number of hydrogen-bond donors (Lipinski definition) is 2. The summed E-state index contributed by atoms with van der Waals surface area (Å²) >= 11 is 6.17. The van der Waals surface area contributed by atoms with E-state index in [0.717, 1.165) is 55.5 Å². The third kappa shape index (κ3) is 10.0. The van der Waals surface area contributed by atoms with Crippen LogP contribution < -0.4 is 20.1 Å². The molecule has 30 heavy (non-hydrogen) atoms. The number of benzene rings is 2. The Hall–Kier alpha value is -1.46. The van der Waals surface area contributed by atoms with Crippen molar-refractivity contribution in [2.45, 2.75) is 38.5 Å². The van der Waals surface area contributed by atoms with E-state index >= 15 is 0 Å². The van der Waals surface area contributed by atoms with Gasteiger partial charge in [-0.1, -0.05) is 48.7 Å². The normalized spacial score (nSPS) is 10.5. The van der Waals surface area contributed by atoms with Crippen LogP contribution in [-0.4, -0.2) is 40.4 Å². The Labute approximate surface area is 193 Å². The van der Waals surface area contributed by atoms with Gasteiger partial charge in [0.15, 0.2) is 11.5 Å². The van der Waals surface area contributed by atoms with E-state index in [2.05, 4.69) is 28.8 Å². The molecule has 0 saturated carbocycles. The van der Waals surface area contributed by atoms with E-state index in [-0.39, 0.29) is 12.4 Å². The van der Waals surface area contributed by atoms with Gasteiger partial charge in [-0.2, -0.15) is 0 Å². The molecule has 0 saturated heterocycles.